The molecule has 0 fully saturated rings. The second kappa shape index (κ2) is 5.58. The Morgan fingerprint density at radius 1 is 1.13 bits per heavy atom. The van der Waals surface area contributed by atoms with Crippen LogP contribution in [0.25, 0.3) is 11.6 Å². The second-order valence-corrected chi connectivity index (χ2v) is 5.40. The first-order valence-electron chi connectivity index (χ1n) is 7.49. The fraction of sp³-hybridized carbons (Fsp3) is 0.167. The summed E-state index contributed by atoms with van der Waals surface area (Å²) in [4.78, 5) is 11.1. The molecular formula is C18H14N4O. The van der Waals surface area contributed by atoms with Crippen molar-refractivity contribution in [3.63, 3.8) is 0 Å². The highest BCUT2D eigenvalue weighted by Gasteiger charge is 2.24. The molecule has 3 aromatic rings. The molecule has 4 rings (SSSR count). The maximum absolute atomic E-state index is 9.28. The second-order valence-electron chi connectivity index (χ2n) is 5.40. The van der Waals surface area contributed by atoms with Gasteiger partial charge in [-0.2, -0.15) is 5.26 Å². The summed E-state index contributed by atoms with van der Waals surface area (Å²) in [6, 6.07) is 15.6. The van der Waals surface area contributed by atoms with Gasteiger partial charge in [0.2, 0.25) is 5.89 Å². The number of para-hydroxylation sites is 1. The van der Waals surface area contributed by atoms with Crippen molar-refractivity contribution in [2.24, 2.45) is 0 Å². The molecule has 0 radical (unpaired) electrons. The summed E-state index contributed by atoms with van der Waals surface area (Å²) in [6.07, 6.45) is 2.50. The summed E-state index contributed by atoms with van der Waals surface area (Å²) < 4.78 is 5.87. The van der Waals surface area contributed by atoms with E-state index in [1.807, 2.05) is 42.5 Å². The number of aromatic nitrogens is 2. The van der Waals surface area contributed by atoms with Crippen molar-refractivity contribution >= 4 is 5.69 Å². The molecule has 1 aromatic carbocycles. The molecule has 2 aromatic heterocycles. The number of pyridine rings is 1. The molecule has 23 heavy (non-hydrogen) atoms. The Hall–Kier alpha value is -3.13. The third-order valence-corrected chi connectivity index (χ3v) is 3.98. The van der Waals surface area contributed by atoms with Crippen LogP contribution >= 0.6 is 0 Å². The molecule has 0 N–H and O–H groups in total. The van der Waals surface area contributed by atoms with E-state index in [9.17, 15) is 5.26 Å². The van der Waals surface area contributed by atoms with Gasteiger partial charge in [-0.3, -0.25) is 4.98 Å². The van der Waals surface area contributed by atoms with Crippen molar-refractivity contribution < 1.29 is 4.42 Å². The van der Waals surface area contributed by atoms with Crippen LogP contribution in [-0.4, -0.2) is 16.5 Å². The Morgan fingerprint density at radius 2 is 2.00 bits per heavy atom. The quantitative estimate of drug-likeness (QED) is 0.727. The van der Waals surface area contributed by atoms with E-state index in [1.165, 1.54) is 0 Å². The van der Waals surface area contributed by atoms with Gasteiger partial charge in [-0.15, -0.1) is 0 Å². The Kier molecular flexibility index (Phi) is 3.28. The number of benzene rings is 1. The fourth-order valence-electron chi connectivity index (χ4n) is 2.85. The van der Waals surface area contributed by atoms with Crippen LogP contribution in [-0.2, 0) is 13.0 Å². The monoisotopic (exact) mass is 302 g/mol. The van der Waals surface area contributed by atoms with Crippen LogP contribution in [0.1, 0.15) is 17.0 Å². The molecule has 3 heterocycles. The Bertz CT molecular complexity index is 880. The molecule has 1 aliphatic heterocycles. The van der Waals surface area contributed by atoms with Gasteiger partial charge in [0.05, 0.1) is 17.8 Å². The number of hydrogen-bond acceptors (Lipinski definition) is 5. The first-order valence-corrected chi connectivity index (χ1v) is 7.49. The van der Waals surface area contributed by atoms with Gasteiger partial charge < -0.3 is 9.32 Å². The van der Waals surface area contributed by atoms with Gasteiger partial charge in [0, 0.05) is 19.2 Å². The number of fused-ring (bicyclic) bond motifs is 1. The van der Waals surface area contributed by atoms with Crippen LogP contribution in [0.5, 0.6) is 0 Å². The third kappa shape index (κ3) is 2.44. The molecule has 0 bridgehead atoms. The maximum atomic E-state index is 9.28. The molecule has 0 unspecified atom stereocenters. The first kappa shape index (κ1) is 13.5. The topological polar surface area (TPSA) is 66.0 Å². The molecule has 112 valence electrons. The number of hydrogen-bond donors (Lipinski definition) is 0. The molecule has 0 saturated heterocycles. The average Bonchev–Trinajstić information content (AvgIpc) is 3.05. The number of anilines is 1. The van der Waals surface area contributed by atoms with Gasteiger partial charge in [-0.25, -0.2) is 4.98 Å². The lowest BCUT2D eigenvalue weighted by Crippen LogP contribution is -2.30. The lowest BCUT2D eigenvalue weighted by molar-refractivity contribution is 0.498. The minimum Gasteiger partial charge on any atom is -0.439 e. The summed E-state index contributed by atoms with van der Waals surface area (Å²) in [5, 5.41) is 9.28. The zero-order chi connectivity index (χ0) is 15.6. The van der Waals surface area contributed by atoms with Gasteiger partial charge in [-0.05, 0) is 24.3 Å². The van der Waals surface area contributed by atoms with Crippen molar-refractivity contribution in [2.75, 3.05) is 11.4 Å². The van der Waals surface area contributed by atoms with Gasteiger partial charge in [0.15, 0.2) is 0 Å². The predicted octanol–water partition coefficient (Wildman–Crippen LogP) is 3.17. The normalized spacial score (nSPS) is 13.4. The molecule has 0 spiro atoms. The summed E-state index contributed by atoms with van der Waals surface area (Å²) in [5.41, 5.74) is 3.29. The highest BCUT2D eigenvalue weighted by Crippen LogP contribution is 2.29. The van der Waals surface area contributed by atoms with E-state index in [2.05, 4.69) is 20.9 Å². The van der Waals surface area contributed by atoms with Crippen molar-refractivity contribution in [2.45, 2.75) is 13.0 Å². The highest BCUT2D eigenvalue weighted by atomic mass is 16.4. The summed E-state index contributed by atoms with van der Waals surface area (Å²) >= 11 is 0. The largest absolute Gasteiger partial charge is 0.439 e. The molecule has 1 aliphatic rings. The molecule has 0 atom stereocenters. The van der Waals surface area contributed by atoms with Gasteiger partial charge in [0.1, 0.15) is 23.2 Å². The SMILES string of the molecule is N#Cc1ccccc1N1CCc2oc(-c3ccccn3)nc2C1. The third-order valence-electron chi connectivity index (χ3n) is 3.98. The van der Waals surface area contributed by atoms with E-state index in [0.717, 1.165) is 35.8 Å². The first-order chi connectivity index (χ1) is 11.3. The zero-order valence-corrected chi connectivity index (χ0v) is 12.4. The van der Waals surface area contributed by atoms with E-state index in [1.54, 1.807) is 6.20 Å². The Balaban J connectivity index is 1.65. The summed E-state index contributed by atoms with van der Waals surface area (Å²) in [5.74, 6) is 1.47. The van der Waals surface area contributed by atoms with Gasteiger partial charge in [-0.1, -0.05) is 18.2 Å². The minimum absolute atomic E-state index is 0.561. The maximum Gasteiger partial charge on any atom is 0.245 e. The molecule has 0 aliphatic carbocycles. The number of oxazole rings is 1. The van der Waals surface area contributed by atoms with Crippen molar-refractivity contribution in [3.8, 4) is 17.7 Å². The molecule has 0 amide bonds. The number of nitriles is 1. The summed E-state index contributed by atoms with van der Waals surface area (Å²) in [7, 11) is 0. The lowest BCUT2D eigenvalue weighted by atomic mass is 10.1. The Labute approximate surface area is 133 Å². The molecule has 5 heteroatoms. The Morgan fingerprint density at radius 3 is 2.83 bits per heavy atom. The summed E-state index contributed by atoms with van der Waals surface area (Å²) in [6.45, 7) is 1.45. The molecule has 5 nitrogen and oxygen atoms in total. The average molecular weight is 302 g/mol. The van der Waals surface area contributed by atoms with Crippen LogP contribution in [0.2, 0.25) is 0 Å². The van der Waals surface area contributed by atoms with Crippen LogP contribution < -0.4 is 4.90 Å². The zero-order valence-electron chi connectivity index (χ0n) is 12.4. The predicted molar refractivity (Wildman–Crippen MR) is 85.6 cm³/mol. The van der Waals surface area contributed by atoms with E-state index in [-0.39, 0.29) is 0 Å². The lowest BCUT2D eigenvalue weighted by Gasteiger charge is -2.28. The number of nitrogens with zero attached hydrogens (tertiary/aromatic N) is 4. The smallest absolute Gasteiger partial charge is 0.245 e. The highest BCUT2D eigenvalue weighted by molar-refractivity contribution is 5.60. The number of rotatable bonds is 2. The van der Waals surface area contributed by atoms with E-state index in [4.69, 9.17) is 4.42 Å². The van der Waals surface area contributed by atoms with Crippen molar-refractivity contribution in [3.05, 3.63) is 65.7 Å². The van der Waals surface area contributed by atoms with Gasteiger partial charge >= 0.3 is 0 Å². The van der Waals surface area contributed by atoms with E-state index < -0.39 is 0 Å². The van der Waals surface area contributed by atoms with Crippen LogP contribution in [0.4, 0.5) is 5.69 Å². The van der Waals surface area contributed by atoms with Crippen LogP contribution in [0, 0.1) is 11.3 Å². The minimum atomic E-state index is 0.561. The van der Waals surface area contributed by atoms with Crippen molar-refractivity contribution in [1.82, 2.24) is 9.97 Å². The fourth-order valence-corrected chi connectivity index (χ4v) is 2.85. The van der Waals surface area contributed by atoms with Crippen LogP contribution in [0.3, 0.4) is 0 Å². The van der Waals surface area contributed by atoms with Crippen molar-refractivity contribution in [1.29, 1.82) is 5.26 Å². The molecule has 0 saturated carbocycles. The van der Waals surface area contributed by atoms with E-state index >= 15 is 0 Å². The van der Waals surface area contributed by atoms with Gasteiger partial charge in [0.25, 0.3) is 0 Å². The standard InChI is InChI=1S/C18H14N4O/c19-11-13-5-1-2-7-16(13)22-10-8-17-15(12-22)21-18(23-17)14-6-3-4-9-20-14/h1-7,9H,8,10,12H2. The van der Waals surface area contributed by atoms with Crippen LogP contribution in [0.15, 0.2) is 53.1 Å². The molecular weight excluding hydrogens is 288 g/mol. The van der Waals surface area contributed by atoms with E-state index in [0.29, 0.717) is 18.0 Å².